The van der Waals surface area contributed by atoms with Gasteiger partial charge in [-0.1, -0.05) is 55.3 Å². The van der Waals surface area contributed by atoms with Gasteiger partial charge in [-0.3, -0.25) is 9.59 Å². The van der Waals surface area contributed by atoms with Crippen molar-refractivity contribution in [1.29, 1.82) is 0 Å². The van der Waals surface area contributed by atoms with E-state index < -0.39 is 11.9 Å². The largest absolute Gasteiger partial charge is 0.459 e. The molecule has 1 heterocycles. The van der Waals surface area contributed by atoms with Crippen LogP contribution in [0.2, 0.25) is 0 Å². The zero-order valence-electron chi connectivity index (χ0n) is 17.2. The lowest BCUT2D eigenvalue weighted by Gasteiger charge is -2.32. The Balaban J connectivity index is 1.71. The molecule has 0 spiro atoms. The lowest BCUT2D eigenvalue weighted by molar-refractivity contribution is -0.126. The standard InChI is InChI=1S/C25H25FN2O3/c26-20-14-12-18(13-15-20)17-28(25(30)22-11-6-16-31-22)23(19-7-2-1-3-8-19)24(29)27-21-9-4-5-10-21/h1-3,6-8,11-16,21,23H,4-5,9-10,17H2,(H,27,29)/t23-/m1/s1. The van der Waals surface area contributed by atoms with Crippen LogP contribution in [0.15, 0.2) is 77.4 Å². The summed E-state index contributed by atoms with van der Waals surface area (Å²) in [5.74, 6) is -0.826. The summed E-state index contributed by atoms with van der Waals surface area (Å²) in [4.78, 5) is 28.4. The van der Waals surface area contributed by atoms with Gasteiger partial charge in [-0.2, -0.15) is 0 Å². The van der Waals surface area contributed by atoms with Crippen LogP contribution < -0.4 is 5.32 Å². The first-order chi connectivity index (χ1) is 15.1. The Bertz CT molecular complexity index is 997. The van der Waals surface area contributed by atoms with Crippen LogP contribution in [0.3, 0.4) is 0 Å². The molecule has 31 heavy (non-hydrogen) atoms. The highest BCUT2D eigenvalue weighted by molar-refractivity contribution is 5.96. The molecule has 2 aromatic carbocycles. The zero-order valence-corrected chi connectivity index (χ0v) is 17.2. The van der Waals surface area contributed by atoms with Crippen LogP contribution in [0.5, 0.6) is 0 Å². The molecule has 6 heteroatoms. The van der Waals surface area contributed by atoms with E-state index in [1.165, 1.54) is 23.3 Å². The fourth-order valence-electron chi connectivity index (χ4n) is 4.07. The minimum absolute atomic E-state index is 0.116. The van der Waals surface area contributed by atoms with Crippen molar-refractivity contribution in [2.75, 3.05) is 0 Å². The number of benzene rings is 2. The van der Waals surface area contributed by atoms with Crippen molar-refractivity contribution in [2.45, 2.75) is 44.3 Å². The second-order valence-electron chi connectivity index (χ2n) is 7.84. The Morgan fingerprint density at radius 2 is 1.71 bits per heavy atom. The van der Waals surface area contributed by atoms with Gasteiger partial charge in [-0.15, -0.1) is 0 Å². The van der Waals surface area contributed by atoms with Crippen LogP contribution >= 0.6 is 0 Å². The van der Waals surface area contributed by atoms with Crippen molar-refractivity contribution in [3.63, 3.8) is 0 Å². The first kappa shape index (κ1) is 20.8. The molecule has 4 rings (SSSR count). The third-order valence-electron chi connectivity index (χ3n) is 5.64. The van der Waals surface area contributed by atoms with Gasteiger partial charge in [0.15, 0.2) is 5.76 Å². The third-order valence-corrected chi connectivity index (χ3v) is 5.64. The van der Waals surface area contributed by atoms with E-state index in [4.69, 9.17) is 4.42 Å². The molecule has 0 radical (unpaired) electrons. The maximum absolute atomic E-state index is 13.5. The Morgan fingerprint density at radius 3 is 2.35 bits per heavy atom. The fraction of sp³-hybridized carbons (Fsp3) is 0.280. The Hall–Kier alpha value is -3.41. The molecule has 160 valence electrons. The minimum atomic E-state index is -0.843. The maximum atomic E-state index is 13.5. The van der Waals surface area contributed by atoms with Crippen LogP contribution in [0, 0.1) is 5.82 Å². The maximum Gasteiger partial charge on any atom is 0.290 e. The van der Waals surface area contributed by atoms with Crippen LogP contribution in [0.25, 0.3) is 0 Å². The molecule has 0 bridgehead atoms. The molecule has 3 aromatic rings. The number of nitrogens with zero attached hydrogens (tertiary/aromatic N) is 1. The van der Waals surface area contributed by atoms with Gasteiger partial charge in [0.2, 0.25) is 5.91 Å². The number of rotatable bonds is 7. The first-order valence-corrected chi connectivity index (χ1v) is 10.6. The SMILES string of the molecule is O=C(NC1CCCC1)[C@@H](c1ccccc1)N(Cc1ccc(F)cc1)C(=O)c1ccco1. The summed E-state index contributed by atoms with van der Waals surface area (Å²) in [7, 11) is 0. The molecule has 0 aliphatic heterocycles. The Kier molecular flexibility index (Phi) is 6.46. The normalized spacial score (nSPS) is 14.9. The van der Waals surface area contributed by atoms with Crippen molar-refractivity contribution in [3.8, 4) is 0 Å². The van der Waals surface area contributed by atoms with E-state index in [1.54, 1.807) is 24.3 Å². The highest BCUT2D eigenvalue weighted by atomic mass is 19.1. The molecule has 1 N–H and O–H groups in total. The van der Waals surface area contributed by atoms with Crippen molar-refractivity contribution in [1.82, 2.24) is 10.2 Å². The summed E-state index contributed by atoms with van der Waals surface area (Å²) in [6, 6.07) is 17.7. The van der Waals surface area contributed by atoms with E-state index in [0.717, 1.165) is 31.2 Å². The number of amides is 2. The van der Waals surface area contributed by atoms with E-state index in [1.807, 2.05) is 30.3 Å². The number of halogens is 1. The highest BCUT2D eigenvalue weighted by Crippen LogP contribution is 2.27. The third kappa shape index (κ3) is 5.02. The summed E-state index contributed by atoms with van der Waals surface area (Å²) in [5.41, 5.74) is 1.43. The molecule has 2 amide bonds. The highest BCUT2D eigenvalue weighted by Gasteiger charge is 2.34. The number of hydrogen-bond acceptors (Lipinski definition) is 3. The Labute approximate surface area is 180 Å². The monoisotopic (exact) mass is 420 g/mol. The van der Waals surface area contributed by atoms with Crippen molar-refractivity contribution >= 4 is 11.8 Å². The molecular weight excluding hydrogens is 395 g/mol. The van der Waals surface area contributed by atoms with Gasteiger partial charge >= 0.3 is 0 Å². The van der Waals surface area contributed by atoms with E-state index >= 15 is 0 Å². The average molecular weight is 420 g/mol. The van der Waals surface area contributed by atoms with Gasteiger partial charge in [-0.25, -0.2) is 4.39 Å². The molecule has 1 atom stereocenters. The smallest absolute Gasteiger partial charge is 0.290 e. The van der Waals surface area contributed by atoms with Crippen molar-refractivity contribution < 1.29 is 18.4 Å². The lowest BCUT2D eigenvalue weighted by atomic mass is 10.0. The van der Waals surface area contributed by atoms with E-state index in [0.29, 0.717) is 5.56 Å². The number of hydrogen-bond donors (Lipinski definition) is 1. The van der Waals surface area contributed by atoms with Crippen molar-refractivity contribution in [2.24, 2.45) is 0 Å². The van der Waals surface area contributed by atoms with Gasteiger partial charge in [0, 0.05) is 12.6 Å². The number of carbonyl (C=O) groups is 2. The molecule has 1 aromatic heterocycles. The van der Waals surface area contributed by atoms with Crippen LogP contribution in [0.1, 0.15) is 53.4 Å². The molecule has 1 aliphatic rings. The van der Waals surface area contributed by atoms with Gasteiger partial charge in [-0.05, 0) is 48.2 Å². The fourth-order valence-corrected chi connectivity index (χ4v) is 4.07. The van der Waals surface area contributed by atoms with Gasteiger partial charge in [0.1, 0.15) is 11.9 Å². The van der Waals surface area contributed by atoms with Gasteiger partial charge in [0.05, 0.1) is 6.26 Å². The number of furan rings is 1. The predicted octanol–water partition coefficient (Wildman–Crippen LogP) is 4.86. The zero-order chi connectivity index (χ0) is 21.6. The second kappa shape index (κ2) is 9.60. The summed E-state index contributed by atoms with van der Waals surface area (Å²) in [5, 5.41) is 3.13. The van der Waals surface area contributed by atoms with E-state index in [9.17, 15) is 14.0 Å². The predicted molar refractivity (Wildman–Crippen MR) is 115 cm³/mol. The average Bonchev–Trinajstić information content (AvgIpc) is 3.49. The molecule has 1 aliphatic carbocycles. The van der Waals surface area contributed by atoms with Crippen LogP contribution in [-0.4, -0.2) is 22.8 Å². The minimum Gasteiger partial charge on any atom is -0.459 e. The molecular formula is C25H25FN2O3. The van der Waals surface area contributed by atoms with Gasteiger partial charge in [0.25, 0.3) is 5.91 Å². The molecule has 0 saturated heterocycles. The van der Waals surface area contributed by atoms with Gasteiger partial charge < -0.3 is 14.6 Å². The van der Waals surface area contributed by atoms with Crippen molar-refractivity contribution in [3.05, 3.63) is 95.7 Å². The van der Waals surface area contributed by atoms with Crippen LogP contribution in [0.4, 0.5) is 4.39 Å². The molecule has 1 saturated carbocycles. The summed E-state index contributed by atoms with van der Waals surface area (Å²) in [6.07, 6.45) is 5.49. The molecule has 0 unspecified atom stereocenters. The molecule has 1 fully saturated rings. The number of carbonyl (C=O) groups excluding carboxylic acids is 2. The first-order valence-electron chi connectivity index (χ1n) is 10.6. The van der Waals surface area contributed by atoms with E-state index in [2.05, 4.69) is 5.32 Å². The second-order valence-corrected chi connectivity index (χ2v) is 7.84. The summed E-state index contributed by atoms with van der Waals surface area (Å²) < 4.78 is 18.8. The van der Waals surface area contributed by atoms with E-state index in [-0.39, 0.29) is 30.1 Å². The topological polar surface area (TPSA) is 62.6 Å². The van der Waals surface area contributed by atoms with Crippen LogP contribution in [-0.2, 0) is 11.3 Å². The quantitative estimate of drug-likeness (QED) is 0.594. The molecule has 5 nitrogen and oxygen atoms in total. The Morgan fingerprint density at radius 1 is 1.00 bits per heavy atom. The lowest BCUT2D eigenvalue weighted by Crippen LogP contribution is -2.45. The summed E-state index contributed by atoms with van der Waals surface area (Å²) in [6.45, 7) is 0.136. The summed E-state index contributed by atoms with van der Waals surface area (Å²) >= 11 is 0. The number of nitrogens with one attached hydrogen (secondary N) is 1.